The van der Waals surface area contributed by atoms with E-state index in [0.29, 0.717) is 5.69 Å². The SMILES string of the molecule is C[C@H](NS(=O)(=O)c1cc(N)ccc1Cl)c1ccc(Br)cc1. The normalized spacial score (nSPS) is 13.1. The number of rotatable bonds is 4. The number of nitrogens with one attached hydrogen (secondary N) is 1. The number of sulfonamides is 1. The zero-order chi connectivity index (χ0) is 15.6. The number of benzene rings is 2. The minimum Gasteiger partial charge on any atom is -0.399 e. The third-order valence-electron chi connectivity index (χ3n) is 2.95. The molecule has 4 nitrogen and oxygen atoms in total. The predicted molar refractivity (Wildman–Crippen MR) is 88.7 cm³/mol. The highest BCUT2D eigenvalue weighted by Gasteiger charge is 2.21. The maximum atomic E-state index is 12.4. The number of hydrogen-bond acceptors (Lipinski definition) is 3. The van der Waals surface area contributed by atoms with Crippen LogP contribution in [-0.2, 0) is 10.0 Å². The van der Waals surface area contributed by atoms with Gasteiger partial charge in [-0.05, 0) is 42.8 Å². The molecule has 0 unspecified atom stereocenters. The zero-order valence-corrected chi connectivity index (χ0v) is 14.3. The third kappa shape index (κ3) is 3.97. The van der Waals surface area contributed by atoms with Gasteiger partial charge in [0.25, 0.3) is 0 Å². The highest BCUT2D eigenvalue weighted by Crippen LogP contribution is 2.25. The van der Waals surface area contributed by atoms with Crippen molar-refractivity contribution in [2.24, 2.45) is 0 Å². The smallest absolute Gasteiger partial charge is 0.242 e. The maximum Gasteiger partial charge on any atom is 0.242 e. The van der Waals surface area contributed by atoms with Crippen LogP contribution in [0.5, 0.6) is 0 Å². The Kier molecular flexibility index (Phi) is 4.93. The number of anilines is 1. The fourth-order valence-corrected chi connectivity index (χ4v) is 3.87. The topological polar surface area (TPSA) is 72.2 Å². The molecule has 0 bridgehead atoms. The van der Waals surface area contributed by atoms with Crippen molar-refractivity contribution >= 4 is 43.2 Å². The molecule has 2 aromatic rings. The lowest BCUT2D eigenvalue weighted by Gasteiger charge is -2.15. The molecule has 0 saturated heterocycles. The average molecular weight is 390 g/mol. The van der Waals surface area contributed by atoms with Crippen molar-refractivity contribution in [3.8, 4) is 0 Å². The van der Waals surface area contributed by atoms with Gasteiger partial charge in [-0.15, -0.1) is 0 Å². The molecular formula is C14H14BrClN2O2S. The molecule has 7 heteroatoms. The van der Waals surface area contributed by atoms with Crippen LogP contribution in [0.25, 0.3) is 0 Å². The van der Waals surface area contributed by atoms with Crippen LogP contribution in [0.1, 0.15) is 18.5 Å². The summed E-state index contributed by atoms with van der Waals surface area (Å²) < 4.78 is 28.3. The molecule has 0 fully saturated rings. The molecule has 0 saturated carbocycles. The third-order valence-corrected chi connectivity index (χ3v) is 5.50. The van der Waals surface area contributed by atoms with Crippen molar-refractivity contribution in [3.63, 3.8) is 0 Å². The van der Waals surface area contributed by atoms with Gasteiger partial charge in [0.1, 0.15) is 4.90 Å². The molecule has 0 amide bonds. The molecule has 0 spiro atoms. The lowest BCUT2D eigenvalue weighted by molar-refractivity contribution is 0.567. The van der Waals surface area contributed by atoms with Gasteiger partial charge < -0.3 is 5.73 Å². The van der Waals surface area contributed by atoms with E-state index in [-0.39, 0.29) is 16.0 Å². The fraction of sp³-hybridized carbons (Fsp3) is 0.143. The second-order valence-electron chi connectivity index (χ2n) is 4.58. The van der Waals surface area contributed by atoms with Gasteiger partial charge >= 0.3 is 0 Å². The van der Waals surface area contributed by atoms with E-state index in [4.69, 9.17) is 17.3 Å². The molecule has 3 N–H and O–H groups in total. The standard InChI is InChI=1S/C14H14BrClN2O2S/c1-9(10-2-4-11(15)5-3-10)18-21(19,20)14-8-12(17)6-7-13(14)16/h2-9,18H,17H2,1H3/t9-/m0/s1. The Morgan fingerprint density at radius 3 is 2.43 bits per heavy atom. The second kappa shape index (κ2) is 6.36. The summed E-state index contributed by atoms with van der Waals surface area (Å²) in [6.45, 7) is 1.76. The van der Waals surface area contributed by atoms with Gasteiger partial charge in [0.15, 0.2) is 0 Å². The van der Waals surface area contributed by atoms with Crippen molar-refractivity contribution in [2.45, 2.75) is 17.9 Å². The van der Waals surface area contributed by atoms with E-state index in [9.17, 15) is 8.42 Å². The summed E-state index contributed by atoms with van der Waals surface area (Å²) in [5.41, 5.74) is 6.82. The first kappa shape index (κ1) is 16.3. The van der Waals surface area contributed by atoms with Crippen molar-refractivity contribution in [1.29, 1.82) is 0 Å². The summed E-state index contributed by atoms with van der Waals surface area (Å²) in [6.07, 6.45) is 0. The van der Waals surface area contributed by atoms with E-state index in [0.717, 1.165) is 10.0 Å². The van der Waals surface area contributed by atoms with E-state index in [1.165, 1.54) is 12.1 Å². The summed E-state index contributed by atoms with van der Waals surface area (Å²) in [7, 11) is -3.74. The molecule has 0 aliphatic heterocycles. The Hall–Kier alpha value is -1.08. The highest BCUT2D eigenvalue weighted by atomic mass is 79.9. The number of hydrogen-bond donors (Lipinski definition) is 2. The van der Waals surface area contributed by atoms with E-state index < -0.39 is 10.0 Å². The van der Waals surface area contributed by atoms with Gasteiger partial charge in [0.05, 0.1) is 5.02 Å². The van der Waals surface area contributed by atoms with Crippen LogP contribution in [0.4, 0.5) is 5.69 Å². The Bertz CT molecular complexity index is 748. The Labute approximate surface area is 137 Å². The molecule has 2 rings (SSSR count). The molecule has 112 valence electrons. The van der Waals surface area contributed by atoms with Crippen molar-refractivity contribution in [2.75, 3.05) is 5.73 Å². The van der Waals surface area contributed by atoms with Gasteiger partial charge in [-0.1, -0.05) is 39.7 Å². The summed E-state index contributed by atoms with van der Waals surface area (Å²) in [5.74, 6) is 0. The first-order valence-electron chi connectivity index (χ1n) is 6.12. The minimum atomic E-state index is -3.74. The fourth-order valence-electron chi connectivity index (χ4n) is 1.84. The second-order valence-corrected chi connectivity index (χ2v) is 7.59. The summed E-state index contributed by atoms with van der Waals surface area (Å²) in [4.78, 5) is -0.0203. The summed E-state index contributed by atoms with van der Waals surface area (Å²) in [5, 5.41) is 0.139. The van der Waals surface area contributed by atoms with Crippen molar-refractivity contribution in [1.82, 2.24) is 4.72 Å². The molecule has 2 aromatic carbocycles. The predicted octanol–water partition coefficient (Wildman–Crippen LogP) is 3.72. The lowest BCUT2D eigenvalue weighted by atomic mass is 10.1. The molecule has 0 radical (unpaired) electrons. The van der Waals surface area contributed by atoms with E-state index in [1.807, 2.05) is 24.3 Å². The van der Waals surface area contributed by atoms with Crippen LogP contribution in [-0.4, -0.2) is 8.42 Å². The lowest BCUT2D eigenvalue weighted by Crippen LogP contribution is -2.27. The van der Waals surface area contributed by atoms with Crippen LogP contribution < -0.4 is 10.5 Å². The molecule has 0 aliphatic rings. The van der Waals surface area contributed by atoms with Crippen LogP contribution in [0.15, 0.2) is 51.8 Å². The highest BCUT2D eigenvalue weighted by molar-refractivity contribution is 9.10. The number of nitrogen functional groups attached to an aromatic ring is 1. The van der Waals surface area contributed by atoms with Gasteiger partial charge in [0, 0.05) is 16.2 Å². The largest absolute Gasteiger partial charge is 0.399 e. The first-order valence-corrected chi connectivity index (χ1v) is 8.78. The van der Waals surface area contributed by atoms with Gasteiger partial charge in [-0.25, -0.2) is 13.1 Å². The van der Waals surface area contributed by atoms with Crippen molar-refractivity contribution < 1.29 is 8.42 Å². The average Bonchev–Trinajstić information content (AvgIpc) is 2.41. The minimum absolute atomic E-state index is 0.0203. The molecule has 0 heterocycles. The molecular weight excluding hydrogens is 376 g/mol. The Balaban J connectivity index is 2.28. The van der Waals surface area contributed by atoms with Gasteiger partial charge in [-0.2, -0.15) is 0 Å². The van der Waals surface area contributed by atoms with E-state index in [1.54, 1.807) is 13.0 Å². The van der Waals surface area contributed by atoms with Gasteiger partial charge in [-0.3, -0.25) is 0 Å². The molecule has 1 atom stereocenters. The van der Waals surface area contributed by atoms with Gasteiger partial charge in [0.2, 0.25) is 10.0 Å². The molecule has 0 aromatic heterocycles. The quantitative estimate of drug-likeness (QED) is 0.783. The number of nitrogens with two attached hydrogens (primary N) is 1. The van der Waals surface area contributed by atoms with Crippen LogP contribution >= 0.6 is 27.5 Å². The maximum absolute atomic E-state index is 12.4. The van der Waals surface area contributed by atoms with E-state index in [2.05, 4.69) is 20.7 Å². The molecule has 0 aliphatic carbocycles. The Morgan fingerprint density at radius 2 is 1.81 bits per heavy atom. The van der Waals surface area contributed by atoms with Crippen LogP contribution in [0, 0.1) is 0 Å². The summed E-state index contributed by atoms with van der Waals surface area (Å²) in [6, 6.07) is 11.4. The summed E-state index contributed by atoms with van der Waals surface area (Å²) >= 11 is 9.29. The van der Waals surface area contributed by atoms with Crippen LogP contribution in [0.2, 0.25) is 5.02 Å². The van der Waals surface area contributed by atoms with Crippen molar-refractivity contribution in [3.05, 3.63) is 57.5 Å². The zero-order valence-electron chi connectivity index (χ0n) is 11.2. The van der Waals surface area contributed by atoms with Crippen LogP contribution in [0.3, 0.4) is 0 Å². The van der Waals surface area contributed by atoms with E-state index >= 15 is 0 Å². The number of halogens is 2. The first-order chi connectivity index (χ1) is 9.79. The molecule has 21 heavy (non-hydrogen) atoms. The monoisotopic (exact) mass is 388 g/mol. The Morgan fingerprint density at radius 1 is 1.19 bits per heavy atom.